The van der Waals surface area contributed by atoms with E-state index in [4.69, 9.17) is 14.6 Å². The zero-order valence-electron chi connectivity index (χ0n) is 8.63. The van der Waals surface area contributed by atoms with Gasteiger partial charge in [0.2, 0.25) is 0 Å². The van der Waals surface area contributed by atoms with Crippen LogP contribution in [0.25, 0.3) is 0 Å². The summed E-state index contributed by atoms with van der Waals surface area (Å²) in [7, 11) is -1.76. The molecule has 0 atom stereocenters. The van der Waals surface area contributed by atoms with Gasteiger partial charge in [-0.2, -0.15) is 0 Å². The highest BCUT2D eigenvalue weighted by Gasteiger charge is 2.27. The lowest BCUT2D eigenvalue weighted by atomic mass is 10.3. The van der Waals surface area contributed by atoms with E-state index in [1.54, 1.807) is 0 Å². The van der Waals surface area contributed by atoms with Crippen LogP contribution >= 0.6 is 0 Å². The maximum atomic E-state index is 11.4. The van der Waals surface area contributed by atoms with Crippen molar-refractivity contribution in [3.05, 3.63) is 18.2 Å². The van der Waals surface area contributed by atoms with Gasteiger partial charge in [-0.25, -0.2) is 13.2 Å². The second-order valence-corrected chi connectivity index (χ2v) is 4.58. The number of hydrogen-bond acceptors (Lipinski definition) is 5. The number of carbonyl (C=O) groups is 1. The Kier molecular flexibility index (Phi) is 3.38. The van der Waals surface area contributed by atoms with E-state index in [1.807, 2.05) is 0 Å². The van der Waals surface area contributed by atoms with E-state index in [2.05, 4.69) is 0 Å². The molecule has 6 nitrogen and oxygen atoms in total. The third-order valence-electron chi connectivity index (χ3n) is 1.89. The monoisotopic (exact) mass is 246 g/mol. The zero-order chi connectivity index (χ0) is 12.3. The van der Waals surface area contributed by atoms with E-state index in [0.717, 1.165) is 6.07 Å². The van der Waals surface area contributed by atoms with Crippen molar-refractivity contribution in [2.24, 2.45) is 0 Å². The van der Waals surface area contributed by atoms with E-state index in [9.17, 15) is 13.2 Å². The second-order valence-electron chi connectivity index (χ2n) is 2.79. The molecule has 16 heavy (non-hydrogen) atoms. The summed E-state index contributed by atoms with van der Waals surface area (Å²) in [6, 6.07) is 3.77. The highest BCUT2D eigenvalue weighted by Crippen LogP contribution is 2.29. The summed E-state index contributed by atoms with van der Waals surface area (Å²) in [4.78, 5) is 10.2. The molecule has 0 radical (unpaired) electrons. The fourth-order valence-electron chi connectivity index (χ4n) is 1.09. The van der Waals surface area contributed by atoms with Crippen LogP contribution in [0.4, 0.5) is 4.79 Å². The summed E-state index contributed by atoms with van der Waals surface area (Å²) in [6.45, 7) is 0. The normalized spacial score (nSPS) is 10.9. The van der Waals surface area contributed by atoms with Crippen LogP contribution in [0.1, 0.15) is 0 Å². The van der Waals surface area contributed by atoms with Crippen LogP contribution in [0.2, 0.25) is 0 Å². The Labute approximate surface area is 92.3 Å². The molecular weight excluding hydrogens is 236 g/mol. The van der Waals surface area contributed by atoms with Crippen molar-refractivity contribution in [2.45, 2.75) is 4.90 Å². The lowest BCUT2D eigenvalue weighted by molar-refractivity contribution is 0.219. The Morgan fingerprint density at radius 1 is 1.25 bits per heavy atom. The van der Waals surface area contributed by atoms with Gasteiger partial charge in [0.05, 0.1) is 14.2 Å². The Morgan fingerprint density at radius 2 is 1.88 bits per heavy atom. The number of methoxy groups -OCH3 is 2. The maximum absolute atomic E-state index is 11.4. The predicted molar refractivity (Wildman–Crippen MR) is 54.8 cm³/mol. The third-order valence-corrected chi connectivity index (χ3v) is 3.27. The maximum Gasteiger partial charge on any atom is 0.427 e. The third kappa shape index (κ3) is 2.08. The van der Waals surface area contributed by atoms with E-state index in [0.29, 0.717) is 5.75 Å². The molecule has 0 saturated heterocycles. The summed E-state index contributed by atoms with van der Waals surface area (Å²) in [5.74, 6) is 0.308. The molecule has 0 unspecified atom stereocenters. The molecule has 0 fully saturated rings. The Hall–Kier alpha value is -1.76. The summed E-state index contributed by atoms with van der Waals surface area (Å²) in [5.41, 5.74) is 0. The molecule has 0 aromatic heterocycles. The minimum atomic E-state index is -4.41. The SMILES string of the molecule is COc1ccc(S(=O)(=O)C(=O)O)c(OC)c1. The first-order chi connectivity index (χ1) is 7.43. The topological polar surface area (TPSA) is 89.9 Å². The molecule has 0 heterocycles. The lowest BCUT2D eigenvalue weighted by Crippen LogP contribution is -2.13. The van der Waals surface area contributed by atoms with Gasteiger partial charge >= 0.3 is 5.30 Å². The van der Waals surface area contributed by atoms with Crippen molar-refractivity contribution in [1.29, 1.82) is 0 Å². The molecule has 1 aromatic carbocycles. The van der Waals surface area contributed by atoms with Crippen molar-refractivity contribution < 1.29 is 27.8 Å². The van der Waals surface area contributed by atoms with Crippen LogP contribution in [-0.2, 0) is 9.84 Å². The van der Waals surface area contributed by atoms with Gasteiger partial charge in [0, 0.05) is 6.07 Å². The number of rotatable bonds is 3. The van der Waals surface area contributed by atoms with Gasteiger partial charge in [-0.3, -0.25) is 0 Å². The van der Waals surface area contributed by atoms with E-state index in [-0.39, 0.29) is 5.75 Å². The van der Waals surface area contributed by atoms with Crippen LogP contribution in [0.3, 0.4) is 0 Å². The molecule has 0 spiro atoms. The predicted octanol–water partition coefficient (Wildman–Crippen LogP) is 1.16. The summed E-state index contributed by atoms with van der Waals surface area (Å²) in [6.07, 6.45) is 0. The van der Waals surface area contributed by atoms with Crippen LogP contribution < -0.4 is 9.47 Å². The second kappa shape index (κ2) is 4.40. The molecule has 7 heteroatoms. The quantitative estimate of drug-likeness (QED) is 0.860. The first-order valence-electron chi connectivity index (χ1n) is 4.13. The number of benzene rings is 1. The lowest BCUT2D eigenvalue weighted by Gasteiger charge is -2.08. The number of sulfone groups is 1. The molecule has 0 bridgehead atoms. The summed E-state index contributed by atoms with van der Waals surface area (Å²) < 4.78 is 32.4. The standard InChI is InChI=1S/C9H10O6S/c1-14-6-3-4-8(7(5-6)15-2)16(12,13)9(10)11/h3-5H,1-2H3,(H,10,11). The van der Waals surface area contributed by atoms with Crippen LogP contribution in [-0.4, -0.2) is 33.0 Å². The van der Waals surface area contributed by atoms with Gasteiger partial charge in [-0.15, -0.1) is 0 Å². The van der Waals surface area contributed by atoms with Crippen LogP contribution in [0.15, 0.2) is 23.1 Å². The molecule has 0 amide bonds. The Balaban J connectivity index is 3.41. The number of ether oxygens (including phenoxy) is 2. The first-order valence-corrected chi connectivity index (χ1v) is 5.62. The van der Waals surface area contributed by atoms with E-state index in [1.165, 1.54) is 26.4 Å². The molecule has 0 saturated carbocycles. The number of hydrogen-bond donors (Lipinski definition) is 1. The van der Waals surface area contributed by atoms with Gasteiger partial charge in [-0.1, -0.05) is 0 Å². The average Bonchev–Trinajstić information content (AvgIpc) is 2.27. The minimum absolute atomic E-state index is 0.0678. The van der Waals surface area contributed by atoms with E-state index >= 15 is 0 Å². The van der Waals surface area contributed by atoms with Gasteiger partial charge < -0.3 is 14.6 Å². The summed E-state index contributed by atoms with van der Waals surface area (Å²) in [5, 5.41) is 6.65. The average molecular weight is 246 g/mol. The minimum Gasteiger partial charge on any atom is -0.497 e. The molecule has 1 aromatic rings. The highest BCUT2D eigenvalue weighted by atomic mass is 32.2. The molecule has 0 aliphatic rings. The summed E-state index contributed by atoms with van der Waals surface area (Å²) >= 11 is 0. The van der Waals surface area contributed by atoms with Crippen molar-refractivity contribution in [2.75, 3.05) is 14.2 Å². The Morgan fingerprint density at radius 3 is 2.31 bits per heavy atom. The smallest absolute Gasteiger partial charge is 0.427 e. The van der Waals surface area contributed by atoms with Crippen molar-refractivity contribution in [3.63, 3.8) is 0 Å². The van der Waals surface area contributed by atoms with Gasteiger partial charge in [0.15, 0.2) is 0 Å². The Bertz CT molecular complexity index is 505. The van der Waals surface area contributed by atoms with Crippen molar-refractivity contribution in [3.8, 4) is 11.5 Å². The van der Waals surface area contributed by atoms with Crippen LogP contribution in [0, 0.1) is 0 Å². The van der Waals surface area contributed by atoms with Gasteiger partial charge in [0.25, 0.3) is 9.84 Å². The van der Waals surface area contributed by atoms with E-state index < -0.39 is 20.0 Å². The molecule has 88 valence electrons. The van der Waals surface area contributed by atoms with Crippen molar-refractivity contribution in [1.82, 2.24) is 0 Å². The largest absolute Gasteiger partial charge is 0.497 e. The molecule has 1 N–H and O–H groups in total. The van der Waals surface area contributed by atoms with Gasteiger partial charge in [0.1, 0.15) is 16.4 Å². The number of carboxylic acid groups (broad SMARTS) is 1. The molecule has 0 aliphatic carbocycles. The van der Waals surface area contributed by atoms with Crippen LogP contribution in [0.5, 0.6) is 11.5 Å². The molecule has 1 rings (SSSR count). The first kappa shape index (κ1) is 12.3. The fraction of sp³-hybridized carbons (Fsp3) is 0.222. The van der Waals surface area contributed by atoms with Crippen molar-refractivity contribution >= 4 is 15.1 Å². The molecular formula is C9H10O6S. The molecule has 0 aliphatic heterocycles. The highest BCUT2D eigenvalue weighted by molar-refractivity contribution is 8.05. The fourth-order valence-corrected chi connectivity index (χ4v) is 1.93. The van der Waals surface area contributed by atoms with Gasteiger partial charge in [-0.05, 0) is 12.1 Å². The zero-order valence-corrected chi connectivity index (χ0v) is 9.45.